The molecule has 0 radical (unpaired) electrons. The van der Waals surface area contributed by atoms with Gasteiger partial charge in [-0.15, -0.1) is 0 Å². The fourth-order valence-electron chi connectivity index (χ4n) is 4.06. The summed E-state index contributed by atoms with van der Waals surface area (Å²) in [4.78, 5) is 0. The maximum Gasteiger partial charge on any atom is 0.0827 e. The van der Waals surface area contributed by atoms with E-state index in [2.05, 4.69) is 19.9 Å². The van der Waals surface area contributed by atoms with Gasteiger partial charge in [-0.25, -0.2) is 4.39 Å². The number of hydrogen-bond donors (Lipinski definition) is 0. The van der Waals surface area contributed by atoms with Crippen LogP contribution in [0.25, 0.3) is 0 Å². The van der Waals surface area contributed by atoms with Crippen LogP contribution in [0.2, 0.25) is 0 Å². The number of hydrogen-bond acceptors (Lipinski definition) is 0. The highest BCUT2D eigenvalue weighted by Gasteiger charge is 2.23. The first-order valence-electron chi connectivity index (χ1n) is 8.62. The van der Waals surface area contributed by atoms with Gasteiger partial charge in [0.25, 0.3) is 0 Å². The van der Waals surface area contributed by atoms with E-state index in [-0.39, 0.29) is 0 Å². The van der Waals surface area contributed by atoms with Crippen molar-refractivity contribution in [2.45, 2.75) is 71.6 Å². The zero-order valence-electron chi connectivity index (χ0n) is 13.3. The van der Waals surface area contributed by atoms with E-state index in [9.17, 15) is 4.39 Å². The van der Waals surface area contributed by atoms with Gasteiger partial charge in [-0.05, 0) is 75.5 Å². The third-order valence-electron chi connectivity index (χ3n) is 5.61. The SMILES string of the molecule is CC(=CC1CCC(C)CC1)C1CCC(C/C=C/F)CC1. The van der Waals surface area contributed by atoms with Gasteiger partial charge in [-0.2, -0.15) is 0 Å². The fourth-order valence-corrected chi connectivity index (χ4v) is 4.06. The molecule has 0 aliphatic heterocycles. The highest BCUT2D eigenvalue weighted by Crippen LogP contribution is 2.37. The van der Waals surface area contributed by atoms with Crippen molar-refractivity contribution in [2.75, 3.05) is 0 Å². The molecule has 0 nitrogen and oxygen atoms in total. The third-order valence-corrected chi connectivity index (χ3v) is 5.61. The lowest BCUT2D eigenvalue weighted by Crippen LogP contribution is -2.16. The standard InChI is InChI=1S/C19H31F/c1-15-5-7-18(8-6-15)14-16(2)19-11-9-17(10-12-19)4-3-13-20/h3,13-15,17-19H,4-12H2,1-2H3/b13-3+,16-14?. The first-order valence-corrected chi connectivity index (χ1v) is 8.62. The van der Waals surface area contributed by atoms with Crippen molar-refractivity contribution in [3.8, 4) is 0 Å². The Balaban J connectivity index is 1.77. The van der Waals surface area contributed by atoms with Crippen molar-refractivity contribution in [3.05, 3.63) is 24.1 Å². The topological polar surface area (TPSA) is 0 Å². The lowest BCUT2D eigenvalue weighted by atomic mass is 9.75. The predicted octanol–water partition coefficient (Wildman–Crippen LogP) is 6.44. The molecule has 0 heterocycles. The second-order valence-electron chi connectivity index (χ2n) is 7.25. The molecule has 2 rings (SSSR count). The minimum absolute atomic E-state index is 0.710. The van der Waals surface area contributed by atoms with Gasteiger partial charge in [0, 0.05) is 0 Å². The summed E-state index contributed by atoms with van der Waals surface area (Å²) in [5.41, 5.74) is 1.64. The van der Waals surface area contributed by atoms with Gasteiger partial charge < -0.3 is 0 Å². The summed E-state index contributed by atoms with van der Waals surface area (Å²) in [6.07, 6.45) is 16.7. The Morgan fingerprint density at radius 3 is 2.25 bits per heavy atom. The Bertz CT molecular complexity index is 326. The van der Waals surface area contributed by atoms with Crippen LogP contribution in [-0.2, 0) is 0 Å². The molecule has 0 aromatic rings. The molecule has 2 aliphatic rings. The van der Waals surface area contributed by atoms with Crippen LogP contribution in [-0.4, -0.2) is 0 Å². The van der Waals surface area contributed by atoms with Crippen molar-refractivity contribution >= 4 is 0 Å². The Kier molecular flexibility index (Phi) is 6.32. The number of rotatable bonds is 4. The summed E-state index contributed by atoms with van der Waals surface area (Å²) in [7, 11) is 0. The van der Waals surface area contributed by atoms with Crippen LogP contribution >= 0.6 is 0 Å². The Hall–Kier alpha value is -0.590. The van der Waals surface area contributed by atoms with Crippen LogP contribution < -0.4 is 0 Å². The second kappa shape index (κ2) is 8.00. The molecule has 2 fully saturated rings. The van der Waals surface area contributed by atoms with Crippen molar-refractivity contribution in [1.82, 2.24) is 0 Å². The molecule has 0 bridgehead atoms. The van der Waals surface area contributed by atoms with Gasteiger partial charge in [-0.1, -0.05) is 37.5 Å². The van der Waals surface area contributed by atoms with Crippen LogP contribution in [0, 0.1) is 23.7 Å². The molecule has 0 aromatic carbocycles. The average Bonchev–Trinajstić information content (AvgIpc) is 2.48. The monoisotopic (exact) mass is 278 g/mol. The summed E-state index contributed by atoms with van der Waals surface area (Å²) in [5.74, 6) is 3.32. The molecule has 2 aliphatic carbocycles. The highest BCUT2D eigenvalue weighted by molar-refractivity contribution is 5.07. The average molecular weight is 278 g/mol. The lowest BCUT2D eigenvalue weighted by molar-refractivity contribution is 0.297. The Morgan fingerprint density at radius 1 is 1.00 bits per heavy atom. The minimum atomic E-state index is 0.710. The van der Waals surface area contributed by atoms with E-state index < -0.39 is 0 Å². The van der Waals surface area contributed by atoms with E-state index in [1.807, 2.05) is 0 Å². The van der Waals surface area contributed by atoms with Crippen LogP contribution in [0.5, 0.6) is 0 Å². The maximum absolute atomic E-state index is 12.1. The quantitative estimate of drug-likeness (QED) is 0.519. The summed E-state index contributed by atoms with van der Waals surface area (Å²) in [5, 5.41) is 0. The van der Waals surface area contributed by atoms with Crippen LogP contribution in [0.4, 0.5) is 4.39 Å². The van der Waals surface area contributed by atoms with Crippen molar-refractivity contribution in [2.24, 2.45) is 23.7 Å². The minimum Gasteiger partial charge on any atom is -0.216 e. The van der Waals surface area contributed by atoms with Crippen LogP contribution in [0.1, 0.15) is 71.6 Å². The van der Waals surface area contributed by atoms with Gasteiger partial charge in [0.1, 0.15) is 0 Å². The molecule has 0 aromatic heterocycles. The first kappa shape index (κ1) is 15.8. The summed E-state index contributed by atoms with van der Waals surface area (Å²) in [6, 6.07) is 0. The summed E-state index contributed by atoms with van der Waals surface area (Å²) in [6.45, 7) is 4.74. The van der Waals surface area contributed by atoms with E-state index in [0.29, 0.717) is 6.33 Å². The molecular formula is C19H31F. The molecule has 114 valence electrons. The van der Waals surface area contributed by atoms with Crippen molar-refractivity contribution < 1.29 is 4.39 Å². The normalized spacial score (nSPS) is 36.5. The van der Waals surface area contributed by atoms with Gasteiger partial charge in [0.15, 0.2) is 0 Å². The smallest absolute Gasteiger partial charge is 0.0827 e. The number of halogens is 1. The lowest BCUT2D eigenvalue weighted by Gasteiger charge is -2.30. The van der Waals surface area contributed by atoms with Crippen molar-refractivity contribution in [1.29, 1.82) is 0 Å². The highest BCUT2D eigenvalue weighted by atomic mass is 19.1. The largest absolute Gasteiger partial charge is 0.216 e. The predicted molar refractivity (Wildman–Crippen MR) is 85.2 cm³/mol. The molecule has 0 spiro atoms. The molecule has 0 saturated heterocycles. The zero-order chi connectivity index (χ0) is 14.4. The Labute approximate surface area is 124 Å². The molecular weight excluding hydrogens is 247 g/mol. The summed E-state index contributed by atoms with van der Waals surface area (Å²) >= 11 is 0. The molecule has 0 atom stereocenters. The zero-order valence-corrected chi connectivity index (χ0v) is 13.3. The van der Waals surface area contributed by atoms with E-state index in [0.717, 1.165) is 30.1 Å². The molecule has 2 saturated carbocycles. The van der Waals surface area contributed by atoms with E-state index in [4.69, 9.17) is 0 Å². The van der Waals surface area contributed by atoms with E-state index in [1.54, 1.807) is 11.6 Å². The first-order chi connectivity index (χ1) is 9.69. The van der Waals surface area contributed by atoms with Gasteiger partial charge in [-0.3, -0.25) is 0 Å². The molecule has 1 heteroatoms. The van der Waals surface area contributed by atoms with Crippen LogP contribution in [0.3, 0.4) is 0 Å². The van der Waals surface area contributed by atoms with Gasteiger partial charge >= 0.3 is 0 Å². The van der Waals surface area contributed by atoms with E-state index in [1.165, 1.54) is 51.4 Å². The fraction of sp³-hybridized carbons (Fsp3) is 0.789. The molecule has 20 heavy (non-hydrogen) atoms. The molecule has 0 amide bonds. The van der Waals surface area contributed by atoms with Gasteiger partial charge in [0.2, 0.25) is 0 Å². The summed E-state index contributed by atoms with van der Waals surface area (Å²) < 4.78 is 12.1. The van der Waals surface area contributed by atoms with E-state index >= 15 is 0 Å². The number of allylic oxidation sites excluding steroid dienone is 3. The second-order valence-corrected chi connectivity index (χ2v) is 7.25. The van der Waals surface area contributed by atoms with Crippen molar-refractivity contribution in [3.63, 3.8) is 0 Å². The molecule has 0 N–H and O–H groups in total. The maximum atomic E-state index is 12.1. The van der Waals surface area contributed by atoms with Gasteiger partial charge in [0.05, 0.1) is 6.33 Å². The molecule has 0 unspecified atom stereocenters. The van der Waals surface area contributed by atoms with Crippen LogP contribution in [0.15, 0.2) is 24.1 Å². The Morgan fingerprint density at radius 2 is 1.65 bits per heavy atom. The third kappa shape index (κ3) is 4.75.